The molecule has 0 aromatic rings. The molecule has 0 N–H and O–H groups in total. The third kappa shape index (κ3) is 3.08. The van der Waals surface area contributed by atoms with Crippen molar-refractivity contribution in [2.24, 2.45) is 0 Å². The summed E-state index contributed by atoms with van der Waals surface area (Å²) in [5, 5.41) is 0. The Bertz CT molecular complexity index is 211. The van der Waals surface area contributed by atoms with Crippen molar-refractivity contribution in [3.05, 3.63) is 37.2 Å². The smallest absolute Gasteiger partial charge is 0.140 e. The van der Waals surface area contributed by atoms with Gasteiger partial charge in [0.15, 0.2) is 0 Å². The molecule has 0 fully saturated rings. The first-order chi connectivity index (χ1) is 6.31. The summed E-state index contributed by atoms with van der Waals surface area (Å²) in [6.07, 6.45) is 1.98. The average Bonchev–Trinajstić information content (AvgIpc) is 2.13. The van der Waals surface area contributed by atoms with E-state index in [4.69, 9.17) is 0 Å². The number of hydrogen-bond acceptors (Lipinski definition) is 1. The first-order valence-electron chi connectivity index (χ1n) is 4.97. The fraction of sp³-hybridized carbons (Fsp3) is 0.455. The highest BCUT2D eigenvalue weighted by Crippen LogP contribution is 2.20. The third-order valence-corrected chi connectivity index (χ3v) is 11.3. The monoisotopic (exact) mass is 225 g/mol. The second-order valence-corrected chi connectivity index (χ2v) is 13.6. The van der Waals surface area contributed by atoms with Gasteiger partial charge < -0.3 is 4.23 Å². The lowest BCUT2D eigenvalue weighted by molar-refractivity contribution is 0.699. The van der Waals surface area contributed by atoms with E-state index in [9.17, 15) is 0 Å². The molecule has 0 unspecified atom stereocenters. The van der Waals surface area contributed by atoms with Crippen molar-refractivity contribution in [1.29, 1.82) is 0 Å². The molecule has 0 aliphatic carbocycles. The van der Waals surface area contributed by atoms with Gasteiger partial charge in [0, 0.05) is 6.54 Å². The van der Waals surface area contributed by atoms with Crippen molar-refractivity contribution in [3.8, 4) is 0 Å². The minimum atomic E-state index is -1.47. The summed E-state index contributed by atoms with van der Waals surface area (Å²) in [4.78, 5) is 0. The van der Waals surface area contributed by atoms with Gasteiger partial charge in [-0.15, -0.1) is 19.7 Å². The van der Waals surface area contributed by atoms with Gasteiger partial charge in [0.1, 0.15) is 16.5 Å². The predicted octanol–water partition coefficient (Wildman–Crippen LogP) is 3.34. The molecular formula is C11H23NSi2. The van der Waals surface area contributed by atoms with E-state index in [0.29, 0.717) is 0 Å². The van der Waals surface area contributed by atoms with Crippen molar-refractivity contribution in [2.45, 2.75) is 26.2 Å². The fourth-order valence-corrected chi connectivity index (χ4v) is 9.69. The van der Waals surface area contributed by atoms with E-state index in [2.05, 4.69) is 61.6 Å². The normalized spacial score (nSPS) is 12.6. The Morgan fingerprint density at radius 1 is 0.929 bits per heavy atom. The van der Waals surface area contributed by atoms with Crippen LogP contribution in [-0.2, 0) is 0 Å². The largest absolute Gasteiger partial charge is 0.336 e. The van der Waals surface area contributed by atoms with Crippen molar-refractivity contribution < 1.29 is 0 Å². The van der Waals surface area contributed by atoms with Crippen LogP contribution in [0.4, 0.5) is 0 Å². The standard InChI is InChI=1S/C11H23NSi2/c1-8-11-12(13(4,5)9-2)14(6,7)10-3/h8-10H,1-3,11H2,4-7H3. The Morgan fingerprint density at radius 3 is 1.50 bits per heavy atom. The second-order valence-electron chi connectivity index (χ2n) is 4.61. The van der Waals surface area contributed by atoms with Crippen LogP contribution in [-0.4, -0.2) is 27.2 Å². The topological polar surface area (TPSA) is 3.24 Å². The van der Waals surface area contributed by atoms with Crippen LogP contribution in [0.5, 0.6) is 0 Å². The molecule has 0 heterocycles. The molecule has 0 aliphatic heterocycles. The SMILES string of the molecule is C=CCN([Si](C)(C)C=C)[Si](C)(C)C=C. The molecule has 3 heteroatoms. The molecule has 0 aromatic carbocycles. The molecule has 0 saturated heterocycles. The molecule has 0 bridgehead atoms. The zero-order chi connectivity index (χ0) is 11.4. The van der Waals surface area contributed by atoms with Gasteiger partial charge in [-0.25, -0.2) is 0 Å². The van der Waals surface area contributed by atoms with Gasteiger partial charge in [0.2, 0.25) is 0 Å². The molecule has 0 aliphatic rings. The maximum Gasteiger partial charge on any atom is 0.140 e. The fourth-order valence-electron chi connectivity index (χ4n) is 1.56. The van der Waals surface area contributed by atoms with Gasteiger partial charge in [-0.3, -0.25) is 0 Å². The lowest BCUT2D eigenvalue weighted by atomic mass is 10.7. The Labute approximate surface area is 91.0 Å². The van der Waals surface area contributed by atoms with Crippen LogP contribution in [0.3, 0.4) is 0 Å². The Hall–Kier alpha value is -0.386. The molecular weight excluding hydrogens is 202 g/mol. The quantitative estimate of drug-likeness (QED) is 0.495. The maximum atomic E-state index is 3.96. The van der Waals surface area contributed by atoms with Crippen LogP contribution >= 0.6 is 0 Å². The molecule has 0 aromatic heterocycles. The van der Waals surface area contributed by atoms with E-state index < -0.39 is 16.5 Å². The van der Waals surface area contributed by atoms with Crippen molar-refractivity contribution in [3.63, 3.8) is 0 Å². The average molecular weight is 225 g/mol. The van der Waals surface area contributed by atoms with Crippen LogP contribution in [0.1, 0.15) is 0 Å². The highest BCUT2D eigenvalue weighted by Gasteiger charge is 2.35. The zero-order valence-electron chi connectivity index (χ0n) is 10.0. The third-order valence-electron chi connectivity index (χ3n) is 2.70. The molecule has 0 radical (unpaired) electrons. The Kier molecular flexibility index (Phi) is 4.77. The van der Waals surface area contributed by atoms with E-state index >= 15 is 0 Å². The summed E-state index contributed by atoms with van der Waals surface area (Å²) >= 11 is 0. The first kappa shape index (κ1) is 13.6. The van der Waals surface area contributed by atoms with Gasteiger partial charge in [0.25, 0.3) is 0 Å². The maximum absolute atomic E-state index is 3.96. The van der Waals surface area contributed by atoms with E-state index in [1.807, 2.05) is 6.08 Å². The molecule has 80 valence electrons. The van der Waals surface area contributed by atoms with E-state index in [-0.39, 0.29) is 0 Å². The van der Waals surface area contributed by atoms with Crippen LogP contribution in [0.2, 0.25) is 26.2 Å². The van der Waals surface area contributed by atoms with E-state index in [1.54, 1.807) is 0 Å². The summed E-state index contributed by atoms with van der Waals surface area (Å²) < 4.78 is 2.59. The second kappa shape index (κ2) is 4.91. The summed E-state index contributed by atoms with van der Waals surface area (Å²) in [5.41, 5.74) is 4.27. The molecule has 0 spiro atoms. The van der Waals surface area contributed by atoms with Crippen LogP contribution < -0.4 is 0 Å². The summed E-state index contributed by atoms with van der Waals surface area (Å²) in [5.74, 6) is 0. The van der Waals surface area contributed by atoms with E-state index in [0.717, 1.165) is 6.54 Å². The Morgan fingerprint density at radius 2 is 1.29 bits per heavy atom. The molecule has 0 rings (SSSR count). The minimum Gasteiger partial charge on any atom is -0.336 e. The van der Waals surface area contributed by atoms with Crippen molar-refractivity contribution >= 4 is 16.5 Å². The van der Waals surface area contributed by atoms with Gasteiger partial charge >= 0.3 is 0 Å². The van der Waals surface area contributed by atoms with Crippen LogP contribution in [0.25, 0.3) is 0 Å². The summed E-state index contributed by atoms with van der Waals surface area (Å²) in [7, 11) is -2.94. The molecule has 1 nitrogen and oxygen atoms in total. The lowest BCUT2D eigenvalue weighted by Crippen LogP contribution is -2.60. The number of hydrogen-bond donors (Lipinski definition) is 0. The van der Waals surface area contributed by atoms with Gasteiger partial charge in [-0.1, -0.05) is 43.7 Å². The first-order valence-corrected chi connectivity index (χ1v) is 11.0. The molecule has 0 saturated carbocycles. The highest BCUT2D eigenvalue weighted by atomic mass is 28.4. The molecule has 0 amide bonds. The summed E-state index contributed by atoms with van der Waals surface area (Å²) in [6.45, 7) is 22.0. The Balaban J connectivity index is 5.02. The van der Waals surface area contributed by atoms with Crippen molar-refractivity contribution in [2.75, 3.05) is 6.54 Å². The van der Waals surface area contributed by atoms with Crippen molar-refractivity contribution in [1.82, 2.24) is 4.23 Å². The van der Waals surface area contributed by atoms with Gasteiger partial charge in [-0.2, -0.15) is 0 Å². The van der Waals surface area contributed by atoms with E-state index in [1.165, 1.54) is 0 Å². The predicted molar refractivity (Wildman–Crippen MR) is 72.3 cm³/mol. The highest BCUT2D eigenvalue weighted by molar-refractivity contribution is 6.95. The van der Waals surface area contributed by atoms with Crippen LogP contribution in [0, 0.1) is 0 Å². The minimum absolute atomic E-state index is 0.955. The summed E-state index contributed by atoms with van der Waals surface area (Å²) in [6, 6.07) is 0. The number of nitrogens with zero attached hydrogens (tertiary/aromatic N) is 1. The van der Waals surface area contributed by atoms with Gasteiger partial charge in [0.05, 0.1) is 0 Å². The lowest BCUT2D eigenvalue weighted by Gasteiger charge is -2.43. The zero-order valence-corrected chi connectivity index (χ0v) is 12.0. The molecule has 14 heavy (non-hydrogen) atoms. The van der Waals surface area contributed by atoms with Gasteiger partial charge in [-0.05, 0) is 0 Å². The van der Waals surface area contributed by atoms with Crippen LogP contribution in [0.15, 0.2) is 37.2 Å². The molecule has 0 atom stereocenters. The number of rotatable bonds is 6.